The van der Waals surface area contributed by atoms with Crippen molar-refractivity contribution in [3.8, 4) is 11.1 Å². The SMILES string of the molecule is CCOC(=O)c1nc2scc(-c3cccnc3)c2c(=O)[nH]1. The number of ether oxygens (including phenoxy) is 1. The molecule has 0 atom stereocenters. The molecule has 0 aliphatic carbocycles. The number of esters is 1. The van der Waals surface area contributed by atoms with Crippen molar-refractivity contribution >= 4 is 27.5 Å². The van der Waals surface area contributed by atoms with Crippen LogP contribution in [0, 0.1) is 0 Å². The van der Waals surface area contributed by atoms with Crippen LogP contribution in [0.2, 0.25) is 0 Å². The minimum absolute atomic E-state index is 0.0751. The molecule has 0 fully saturated rings. The molecule has 0 spiro atoms. The predicted octanol–water partition coefficient (Wildman–Crippen LogP) is 2.22. The van der Waals surface area contributed by atoms with Gasteiger partial charge in [-0.2, -0.15) is 0 Å². The van der Waals surface area contributed by atoms with Gasteiger partial charge < -0.3 is 9.72 Å². The molecular formula is C14H11N3O3S. The molecule has 3 aromatic rings. The maximum atomic E-state index is 12.2. The van der Waals surface area contributed by atoms with Crippen molar-refractivity contribution in [3.63, 3.8) is 0 Å². The summed E-state index contributed by atoms with van der Waals surface area (Å²) < 4.78 is 4.85. The Bertz CT molecular complexity index is 855. The van der Waals surface area contributed by atoms with E-state index in [1.165, 1.54) is 11.3 Å². The molecule has 3 rings (SSSR count). The lowest BCUT2D eigenvalue weighted by atomic mass is 10.1. The Kier molecular flexibility index (Phi) is 3.49. The Hall–Kier alpha value is -2.54. The number of H-pyrrole nitrogens is 1. The highest BCUT2D eigenvalue weighted by molar-refractivity contribution is 7.17. The number of thiophene rings is 1. The first kappa shape index (κ1) is 13.4. The van der Waals surface area contributed by atoms with Crippen LogP contribution in [-0.4, -0.2) is 27.5 Å². The van der Waals surface area contributed by atoms with E-state index in [0.29, 0.717) is 10.2 Å². The number of fused-ring (bicyclic) bond motifs is 1. The van der Waals surface area contributed by atoms with Crippen molar-refractivity contribution in [2.45, 2.75) is 6.92 Å². The number of aromatic amines is 1. The van der Waals surface area contributed by atoms with Gasteiger partial charge >= 0.3 is 5.97 Å². The second-order valence-electron chi connectivity index (χ2n) is 4.21. The van der Waals surface area contributed by atoms with Gasteiger partial charge in [0.05, 0.1) is 12.0 Å². The van der Waals surface area contributed by atoms with Crippen molar-refractivity contribution in [1.82, 2.24) is 15.0 Å². The van der Waals surface area contributed by atoms with E-state index in [0.717, 1.165) is 11.1 Å². The highest BCUT2D eigenvalue weighted by atomic mass is 32.1. The van der Waals surface area contributed by atoms with Crippen LogP contribution in [0.3, 0.4) is 0 Å². The summed E-state index contributed by atoms with van der Waals surface area (Å²) in [5, 5.41) is 2.29. The fraction of sp³-hybridized carbons (Fsp3) is 0.143. The molecule has 0 saturated heterocycles. The number of carbonyl (C=O) groups excluding carboxylic acids is 1. The molecule has 0 saturated carbocycles. The van der Waals surface area contributed by atoms with Gasteiger partial charge in [-0.15, -0.1) is 11.3 Å². The fourth-order valence-electron chi connectivity index (χ4n) is 1.98. The van der Waals surface area contributed by atoms with Gasteiger partial charge in [0.15, 0.2) is 0 Å². The molecule has 0 unspecified atom stereocenters. The number of rotatable bonds is 3. The number of hydrogen-bond acceptors (Lipinski definition) is 6. The first-order valence-corrected chi connectivity index (χ1v) is 7.17. The molecule has 0 bridgehead atoms. The average Bonchev–Trinajstić information content (AvgIpc) is 2.93. The topological polar surface area (TPSA) is 84.9 Å². The zero-order valence-electron chi connectivity index (χ0n) is 11.1. The lowest BCUT2D eigenvalue weighted by Crippen LogP contribution is -2.17. The van der Waals surface area contributed by atoms with Crippen LogP contribution in [0.1, 0.15) is 17.5 Å². The number of pyridine rings is 1. The maximum Gasteiger partial charge on any atom is 0.374 e. The zero-order valence-corrected chi connectivity index (χ0v) is 11.9. The molecule has 1 N–H and O–H groups in total. The molecule has 0 amide bonds. The van der Waals surface area contributed by atoms with Crippen LogP contribution in [0.15, 0.2) is 34.7 Å². The van der Waals surface area contributed by atoms with Crippen molar-refractivity contribution in [2.24, 2.45) is 0 Å². The number of nitrogens with one attached hydrogen (secondary N) is 1. The number of nitrogens with zero attached hydrogens (tertiary/aromatic N) is 2. The molecule has 21 heavy (non-hydrogen) atoms. The van der Waals surface area contributed by atoms with Gasteiger partial charge in [0, 0.05) is 28.9 Å². The highest BCUT2D eigenvalue weighted by Crippen LogP contribution is 2.29. The Morgan fingerprint density at radius 2 is 2.33 bits per heavy atom. The maximum absolute atomic E-state index is 12.2. The molecule has 3 aromatic heterocycles. The minimum atomic E-state index is -0.632. The Labute approximate surface area is 123 Å². The molecule has 6 nitrogen and oxygen atoms in total. The fourth-order valence-corrected chi connectivity index (χ4v) is 2.93. The van der Waals surface area contributed by atoms with E-state index >= 15 is 0 Å². The van der Waals surface area contributed by atoms with E-state index in [9.17, 15) is 9.59 Å². The summed E-state index contributed by atoms with van der Waals surface area (Å²) in [7, 11) is 0. The average molecular weight is 301 g/mol. The van der Waals surface area contributed by atoms with Gasteiger partial charge in [-0.05, 0) is 13.0 Å². The van der Waals surface area contributed by atoms with E-state index in [4.69, 9.17) is 4.74 Å². The van der Waals surface area contributed by atoms with E-state index in [-0.39, 0.29) is 18.0 Å². The van der Waals surface area contributed by atoms with Crippen LogP contribution in [0.25, 0.3) is 21.3 Å². The summed E-state index contributed by atoms with van der Waals surface area (Å²) in [6.07, 6.45) is 3.35. The lowest BCUT2D eigenvalue weighted by Gasteiger charge is -2.01. The predicted molar refractivity (Wildman–Crippen MR) is 79.4 cm³/mol. The second kappa shape index (κ2) is 5.45. The third-order valence-corrected chi connectivity index (χ3v) is 3.76. The van der Waals surface area contributed by atoms with Crippen LogP contribution in [0.4, 0.5) is 0 Å². The lowest BCUT2D eigenvalue weighted by molar-refractivity contribution is 0.0512. The normalized spacial score (nSPS) is 10.7. The Balaban J connectivity index is 2.16. The largest absolute Gasteiger partial charge is 0.460 e. The van der Waals surface area contributed by atoms with Gasteiger partial charge in [0.2, 0.25) is 5.82 Å². The van der Waals surface area contributed by atoms with E-state index in [2.05, 4.69) is 15.0 Å². The molecule has 3 heterocycles. The number of hydrogen-bond donors (Lipinski definition) is 1. The quantitative estimate of drug-likeness (QED) is 0.750. The second-order valence-corrected chi connectivity index (χ2v) is 5.06. The summed E-state index contributed by atoms with van der Waals surface area (Å²) in [5.74, 6) is -0.707. The first-order valence-electron chi connectivity index (χ1n) is 6.29. The molecule has 0 aromatic carbocycles. The van der Waals surface area contributed by atoms with E-state index in [1.54, 1.807) is 25.4 Å². The molecule has 0 aliphatic rings. The highest BCUT2D eigenvalue weighted by Gasteiger charge is 2.16. The Morgan fingerprint density at radius 1 is 1.48 bits per heavy atom. The van der Waals surface area contributed by atoms with Crippen molar-refractivity contribution < 1.29 is 9.53 Å². The van der Waals surface area contributed by atoms with Crippen LogP contribution in [0.5, 0.6) is 0 Å². The van der Waals surface area contributed by atoms with Crippen LogP contribution in [-0.2, 0) is 4.74 Å². The Morgan fingerprint density at radius 3 is 3.05 bits per heavy atom. The first-order chi connectivity index (χ1) is 10.2. The van der Waals surface area contributed by atoms with Gasteiger partial charge in [-0.1, -0.05) is 6.07 Å². The van der Waals surface area contributed by atoms with Crippen molar-refractivity contribution in [1.29, 1.82) is 0 Å². The van der Waals surface area contributed by atoms with E-state index < -0.39 is 5.97 Å². The molecule has 7 heteroatoms. The smallest absolute Gasteiger partial charge is 0.374 e. The zero-order chi connectivity index (χ0) is 14.8. The third-order valence-electron chi connectivity index (χ3n) is 2.89. The van der Waals surface area contributed by atoms with Crippen LogP contribution < -0.4 is 5.56 Å². The summed E-state index contributed by atoms with van der Waals surface area (Å²) in [6.45, 7) is 1.92. The van der Waals surface area contributed by atoms with Crippen molar-refractivity contribution in [3.05, 3.63) is 46.1 Å². The minimum Gasteiger partial charge on any atom is -0.460 e. The van der Waals surface area contributed by atoms with Gasteiger partial charge in [-0.3, -0.25) is 9.78 Å². The van der Waals surface area contributed by atoms with Gasteiger partial charge in [0.1, 0.15) is 4.83 Å². The summed E-state index contributed by atoms with van der Waals surface area (Å²) >= 11 is 1.31. The molecule has 0 aliphatic heterocycles. The molecule has 0 radical (unpaired) electrons. The standard InChI is InChI=1S/C14H11N3O3S/c1-2-20-14(19)11-16-12(18)10-9(7-21-13(10)17-11)8-4-3-5-15-6-8/h3-7H,2H2,1H3,(H,16,17,18). The monoisotopic (exact) mass is 301 g/mol. The molecule has 106 valence electrons. The van der Waals surface area contributed by atoms with Gasteiger partial charge in [-0.25, -0.2) is 9.78 Å². The van der Waals surface area contributed by atoms with Crippen molar-refractivity contribution in [2.75, 3.05) is 6.61 Å². The number of carbonyl (C=O) groups is 1. The van der Waals surface area contributed by atoms with Crippen LogP contribution >= 0.6 is 11.3 Å². The summed E-state index contributed by atoms with van der Waals surface area (Å²) in [4.78, 5) is 35.1. The van der Waals surface area contributed by atoms with Gasteiger partial charge in [0.25, 0.3) is 5.56 Å². The third kappa shape index (κ3) is 2.43. The summed E-state index contributed by atoms with van der Waals surface area (Å²) in [6, 6.07) is 3.67. The van der Waals surface area contributed by atoms with E-state index in [1.807, 2.05) is 11.4 Å². The summed E-state index contributed by atoms with van der Waals surface area (Å²) in [5.41, 5.74) is 1.23. The number of aromatic nitrogens is 3. The molecular weight excluding hydrogens is 290 g/mol.